The zero-order valence-corrected chi connectivity index (χ0v) is 10.8. The molecule has 0 fully saturated rings. The number of aliphatic hydroxyl groups is 1. The zero-order chi connectivity index (χ0) is 12.8. The molecule has 0 aliphatic heterocycles. The van der Waals surface area contributed by atoms with E-state index >= 15 is 0 Å². The van der Waals surface area contributed by atoms with E-state index in [9.17, 15) is 9.50 Å². The lowest BCUT2D eigenvalue weighted by Gasteiger charge is -2.18. The Bertz CT molecular complexity index is 352. The fraction of sp³-hybridized carbons (Fsp3) is 0.571. The molecule has 1 aromatic rings. The monoisotopic (exact) mass is 239 g/mol. The standard InChI is InChI=1S/C14H22FNO/c1-10(2)6-13(9-17)16-8-12-4-5-14(15)11(3)7-12/h4-5,7,10,13,16-17H,6,8-9H2,1-3H3. The molecule has 0 aliphatic carbocycles. The first-order chi connectivity index (χ1) is 8.02. The SMILES string of the molecule is Cc1cc(CNC(CO)CC(C)C)ccc1F. The van der Waals surface area contributed by atoms with Crippen molar-refractivity contribution in [1.82, 2.24) is 5.32 Å². The van der Waals surface area contributed by atoms with Crippen LogP contribution in [0.15, 0.2) is 18.2 Å². The molecular formula is C14H22FNO. The first-order valence-electron chi connectivity index (χ1n) is 6.12. The minimum absolute atomic E-state index is 0.111. The van der Waals surface area contributed by atoms with Crippen molar-refractivity contribution in [2.24, 2.45) is 5.92 Å². The molecule has 17 heavy (non-hydrogen) atoms. The number of hydrogen-bond acceptors (Lipinski definition) is 2. The third kappa shape index (κ3) is 4.84. The molecule has 0 spiro atoms. The van der Waals surface area contributed by atoms with Gasteiger partial charge in [0.15, 0.2) is 0 Å². The van der Waals surface area contributed by atoms with Crippen LogP contribution in [0.4, 0.5) is 4.39 Å². The summed E-state index contributed by atoms with van der Waals surface area (Å²) in [5.41, 5.74) is 1.71. The highest BCUT2D eigenvalue weighted by Gasteiger charge is 2.09. The first-order valence-corrected chi connectivity index (χ1v) is 6.12. The second kappa shape index (κ2) is 6.72. The van der Waals surface area contributed by atoms with E-state index < -0.39 is 0 Å². The van der Waals surface area contributed by atoms with Gasteiger partial charge in [-0.1, -0.05) is 26.0 Å². The topological polar surface area (TPSA) is 32.3 Å². The normalized spacial score (nSPS) is 13.1. The number of aliphatic hydroxyl groups excluding tert-OH is 1. The molecule has 0 saturated carbocycles. The lowest BCUT2D eigenvalue weighted by Crippen LogP contribution is -2.33. The second-order valence-electron chi connectivity index (χ2n) is 4.97. The van der Waals surface area contributed by atoms with Crippen LogP contribution in [0.25, 0.3) is 0 Å². The third-order valence-electron chi connectivity index (χ3n) is 2.79. The Morgan fingerprint density at radius 1 is 1.35 bits per heavy atom. The summed E-state index contributed by atoms with van der Waals surface area (Å²) in [5.74, 6) is 0.379. The molecule has 0 aromatic heterocycles. The number of benzene rings is 1. The minimum atomic E-state index is -0.172. The molecule has 1 aromatic carbocycles. The van der Waals surface area contributed by atoms with Gasteiger partial charge in [-0.15, -0.1) is 0 Å². The second-order valence-corrected chi connectivity index (χ2v) is 4.97. The number of aryl methyl sites for hydroxylation is 1. The number of nitrogens with one attached hydrogen (secondary N) is 1. The fourth-order valence-electron chi connectivity index (χ4n) is 1.87. The molecule has 3 heteroatoms. The summed E-state index contributed by atoms with van der Waals surface area (Å²) in [7, 11) is 0. The highest BCUT2D eigenvalue weighted by molar-refractivity contribution is 5.23. The maximum absolute atomic E-state index is 13.1. The van der Waals surface area contributed by atoms with Crippen LogP contribution in [0.2, 0.25) is 0 Å². The molecule has 0 heterocycles. The third-order valence-corrected chi connectivity index (χ3v) is 2.79. The Hall–Kier alpha value is -0.930. The molecule has 0 saturated heterocycles. The van der Waals surface area contributed by atoms with E-state index in [2.05, 4.69) is 19.2 Å². The highest BCUT2D eigenvalue weighted by Crippen LogP contribution is 2.10. The Kier molecular flexibility index (Phi) is 5.59. The highest BCUT2D eigenvalue weighted by atomic mass is 19.1. The molecule has 0 amide bonds. The molecule has 0 bridgehead atoms. The van der Waals surface area contributed by atoms with Crippen molar-refractivity contribution in [3.8, 4) is 0 Å². The van der Waals surface area contributed by atoms with E-state index in [4.69, 9.17) is 0 Å². The van der Waals surface area contributed by atoms with Crippen molar-refractivity contribution >= 4 is 0 Å². The Labute approximate surface area is 103 Å². The predicted octanol–water partition coefficient (Wildman–Crippen LogP) is 2.63. The van der Waals surface area contributed by atoms with Crippen LogP contribution in [0.1, 0.15) is 31.4 Å². The van der Waals surface area contributed by atoms with Crippen molar-refractivity contribution in [3.63, 3.8) is 0 Å². The number of halogens is 1. The van der Waals surface area contributed by atoms with Crippen LogP contribution in [-0.4, -0.2) is 17.8 Å². The average molecular weight is 239 g/mol. The fourth-order valence-corrected chi connectivity index (χ4v) is 1.87. The molecular weight excluding hydrogens is 217 g/mol. The van der Waals surface area contributed by atoms with E-state index in [0.29, 0.717) is 18.0 Å². The maximum Gasteiger partial charge on any atom is 0.126 e. The van der Waals surface area contributed by atoms with Gasteiger partial charge in [0.25, 0.3) is 0 Å². The van der Waals surface area contributed by atoms with Crippen LogP contribution in [0.5, 0.6) is 0 Å². The molecule has 0 radical (unpaired) electrons. The molecule has 1 atom stereocenters. The summed E-state index contributed by atoms with van der Waals surface area (Å²) in [6.45, 7) is 6.83. The molecule has 1 unspecified atom stereocenters. The summed E-state index contributed by atoms with van der Waals surface area (Å²) < 4.78 is 13.1. The van der Waals surface area contributed by atoms with Gasteiger partial charge >= 0.3 is 0 Å². The van der Waals surface area contributed by atoms with E-state index in [1.54, 1.807) is 13.0 Å². The lowest BCUT2D eigenvalue weighted by atomic mass is 10.0. The summed E-state index contributed by atoms with van der Waals surface area (Å²) in [6, 6.07) is 5.22. The van der Waals surface area contributed by atoms with Gasteiger partial charge in [-0.05, 0) is 36.5 Å². The molecule has 1 rings (SSSR count). The Morgan fingerprint density at radius 3 is 2.59 bits per heavy atom. The molecule has 2 N–H and O–H groups in total. The summed E-state index contributed by atoms with van der Waals surface area (Å²) in [5, 5.41) is 12.5. The van der Waals surface area contributed by atoms with Crippen molar-refractivity contribution in [1.29, 1.82) is 0 Å². The number of hydrogen-bond donors (Lipinski definition) is 2. The maximum atomic E-state index is 13.1. The van der Waals surface area contributed by atoms with Crippen molar-refractivity contribution in [2.75, 3.05) is 6.61 Å². The van der Waals surface area contributed by atoms with Gasteiger partial charge in [0.05, 0.1) is 6.61 Å². The van der Waals surface area contributed by atoms with Crippen molar-refractivity contribution < 1.29 is 9.50 Å². The first kappa shape index (κ1) is 14.1. The largest absolute Gasteiger partial charge is 0.395 e. The molecule has 96 valence electrons. The average Bonchev–Trinajstić information content (AvgIpc) is 2.28. The van der Waals surface area contributed by atoms with Gasteiger partial charge in [-0.2, -0.15) is 0 Å². The predicted molar refractivity (Wildman–Crippen MR) is 68.3 cm³/mol. The van der Waals surface area contributed by atoms with Gasteiger partial charge < -0.3 is 10.4 Å². The van der Waals surface area contributed by atoms with Gasteiger partial charge in [-0.3, -0.25) is 0 Å². The van der Waals surface area contributed by atoms with Gasteiger partial charge in [0, 0.05) is 12.6 Å². The zero-order valence-electron chi connectivity index (χ0n) is 10.8. The van der Waals surface area contributed by atoms with E-state index in [-0.39, 0.29) is 18.5 Å². The quantitative estimate of drug-likeness (QED) is 0.800. The van der Waals surface area contributed by atoms with Crippen molar-refractivity contribution in [2.45, 2.75) is 39.8 Å². The van der Waals surface area contributed by atoms with E-state index in [0.717, 1.165) is 12.0 Å². The van der Waals surface area contributed by atoms with Crippen LogP contribution in [0, 0.1) is 18.7 Å². The number of rotatable bonds is 6. The van der Waals surface area contributed by atoms with Crippen LogP contribution < -0.4 is 5.32 Å². The summed E-state index contributed by atoms with van der Waals surface area (Å²) in [6.07, 6.45) is 0.941. The van der Waals surface area contributed by atoms with Gasteiger partial charge in [-0.25, -0.2) is 4.39 Å². The van der Waals surface area contributed by atoms with E-state index in [1.165, 1.54) is 6.07 Å². The van der Waals surface area contributed by atoms with Crippen molar-refractivity contribution in [3.05, 3.63) is 35.1 Å². The van der Waals surface area contributed by atoms with Crippen LogP contribution >= 0.6 is 0 Å². The molecule has 2 nitrogen and oxygen atoms in total. The van der Waals surface area contributed by atoms with E-state index in [1.807, 2.05) is 6.07 Å². The van der Waals surface area contributed by atoms with Crippen LogP contribution in [0.3, 0.4) is 0 Å². The minimum Gasteiger partial charge on any atom is -0.395 e. The molecule has 0 aliphatic rings. The lowest BCUT2D eigenvalue weighted by molar-refractivity contribution is 0.223. The van der Waals surface area contributed by atoms with Crippen LogP contribution in [-0.2, 0) is 6.54 Å². The van der Waals surface area contributed by atoms with Gasteiger partial charge in [0.2, 0.25) is 0 Å². The van der Waals surface area contributed by atoms with Gasteiger partial charge in [0.1, 0.15) is 5.82 Å². The summed E-state index contributed by atoms with van der Waals surface area (Å²) in [4.78, 5) is 0. The Balaban J connectivity index is 2.50. The smallest absolute Gasteiger partial charge is 0.126 e. The summed E-state index contributed by atoms with van der Waals surface area (Å²) >= 11 is 0. The Morgan fingerprint density at radius 2 is 2.06 bits per heavy atom.